The zero-order chi connectivity index (χ0) is 23.8. The van der Waals surface area contributed by atoms with Crippen LogP contribution in [0, 0.1) is 6.92 Å². The third-order valence-electron chi connectivity index (χ3n) is 5.73. The molecule has 172 valence electrons. The van der Waals surface area contributed by atoms with Crippen molar-refractivity contribution >= 4 is 27.3 Å². The number of nitrogens with one attached hydrogen (secondary N) is 1. The summed E-state index contributed by atoms with van der Waals surface area (Å²) in [7, 11) is -0.642. The van der Waals surface area contributed by atoms with Gasteiger partial charge in [-0.1, -0.05) is 17.7 Å². The lowest BCUT2D eigenvalue weighted by atomic mass is 10.1. The third-order valence-corrected chi connectivity index (χ3v) is 7.67. The Hall–Kier alpha value is -3.52. The minimum Gasteiger partial charge on any atom is -0.497 e. The molecular weight excluding hydrogens is 440 g/mol. The maximum Gasteiger partial charge on any atom is 0.264 e. The lowest BCUT2D eigenvalue weighted by Gasteiger charge is -2.24. The van der Waals surface area contributed by atoms with Crippen molar-refractivity contribution in [3.63, 3.8) is 0 Å². The molecule has 3 aromatic rings. The highest BCUT2D eigenvalue weighted by molar-refractivity contribution is 7.92. The largest absolute Gasteiger partial charge is 0.497 e. The zero-order valence-electron chi connectivity index (χ0n) is 19.0. The number of rotatable bonds is 6. The van der Waals surface area contributed by atoms with Gasteiger partial charge in [-0.15, -0.1) is 0 Å². The quantitative estimate of drug-likeness (QED) is 0.582. The molecule has 1 amide bonds. The van der Waals surface area contributed by atoms with Gasteiger partial charge >= 0.3 is 0 Å². The molecule has 4 rings (SSSR count). The maximum atomic E-state index is 13.3. The van der Waals surface area contributed by atoms with Crippen molar-refractivity contribution in [1.82, 2.24) is 0 Å². The molecular formula is C25H26N2O5S. The normalized spacial score (nSPS) is 15.2. The van der Waals surface area contributed by atoms with Gasteiger partial charge in [-0.25, -0.2) is 8.42 Å². The molecule has 0 aromatic heterocycles. The van der Waals surface area contributed by atoms with Crippen LogP contribution in [0.25, 0.3) is 0 Å². The van der Waals surface area contributed by atoms with Crippen LogP contribution < -0.4 is 19.1 Å². The Morgan fingerprint density at radius 3 is 2.39 bits per heavy atom. The van der Waals surface area contributed by atoms with Gasteiger partial charge in [0.1, 0.15) is 11.5 Å². The molecule has 0 saturated carbocycles. The molecule has 33 heavy (non-hydrogen) atoms. The van der Waals surface area contributed by atoms with E-state index in [0.29, 0.717) is 34.9 Å². The number of fused-ring (bicyclic) bond motifs is 1. The number of sulfonamides is 1. The number of carbonyl (C=O) groups excluding carboxylic acids is 1. The Morgan fingerprint density at radius 1 is 1.00 bits per heavy atom. The van der Waals surface area contributed by atoms with E-state index in [1.54, 1.807) is 67.8 Å². The van der Waals surface area contributed by atoms with Gasteiger partial charge < -0.3 is 14.8 Å². The van der Waals surface area contributed by atoms with Crippen LogP contribution in [0.5, 0.6) is 11.5 Å². The van der Waals surface area contributed by atoms with Gasteiger partial charge in [-0.3, -0.25) is 9.10 Å². The van der Waals surface area contributed by atoms with Crippen LogP contribution in [-0.4, -0.2) is 34.6 Å². The number of anilines is 2. The van der Waals surface area contributed by atoms with Crippen molar-refractivity contribution in [2.45, 2.75) is 31.2 Å². The van der Waals surface area contributed by atoms with E-state index in [2.05, 4.69) is 5.32 Å². The number of hydrogen-bond acceptors (Lipinski definition) is 5. The van der Waals surface area contributed by atoms with E-state index in [1.165, 1.54) is 11.4 Å². The highest BCUT2D eigenvalue weighted by Gasteiger charge is 2.36. The Balaban J connectivity index is 1.63. The van der Waals surface area contributed by atoms with Gasteiger partial charge in [0, 0.05) is 17.7 Å². The zero-order valence-corrected chi connectivity index (χ0v) is 19.8. The van der Waals surface area contributed by atoms with E-state index < -0.39 is 10.0 Å². The smallest absolute Gasteiger partial charge is 0.264 e. The first-order valence-electron chi connectivity index (χ1n) is 10.5. The number of aryl methyl sites for hydroxylation is 1. The summed E-state index contributed by atoms with van der Waals surface area (Å²) in [5.41, 5.74) is 3.31. The van der Waals surface area contributed by atoms with E-state index in [0.717, 1.165) is 11.1 Å². The van der Waals surface area contributed by atoms with Crippen molar-refractivity contribution in [1.29, 1.82) is 0 Å². The second kappa shape index (κ2) is 8.78. The van der Waals surface area contributed by atoms with Crippen LogP contribution in [0.4, 0.5) is 11.4 Å². The minimum atomic E-state index is -3.71. The van der Waals surface area contributed by atoms with Crippen LogP contribution >= 0.6 is 0 Å². The highest BCUT2D eigenvalue weighted by atomic mass is 32.2. The summed E-state index contributed by atoms with van der Waals surface area (Å²) in [6, 6.07) is 16.8. The standard InChI is InChI=1S/C25H26N2O5S/c1-16-5-9-21(10-6-16)33(29,30)27-17(2)13-19-14-18(7-11-23(19)27)25(28)26-22-15-20(31-3)8-12-24(22)32-4/h5-12,14-15,17H,13H2,1-4H3,(H,26,28)/t17-/m0/s1. The summed E-state index contributed by atoms with van der Waals surface area (Å²) in [6.07, 6.45) is 0.518. The molecule has 7 nitrogen and oxygen atoms in total. The fourth-order valence-corrected chi connectivity index (χ4v) is 5.73. The second-order valence-corrected chi connectivity index (χ2v) is 9.85. The van der Waals surface area contributed by atoms with E-state index in [-0.39, 0.29) is 16.8 Å². The van der Waals surface area contributed by atoms with Gasteiger partial charge in [-0.2, -0.15) is 0 Å². The number of ether oxygens (including phenoxy) is 2. The molecule has 1 N–H and O–H groups in total. The monoisotopic (exact) mass is 466 g/mol. The first-order chi connectivity index (χ1) is 15.7. The summed E-state index contributed by atoms with van der Waals surface area (Å²) in [6.45, 7) is 3.78. The average Bonchev–Trinajstić information content (AvgIpc) is 3.14. The Labute approximate surface area is 194 Å². The fourth-order valence-electron chi connectivity index (χ4n) is 4.04. The topological polar surface area (TPSA) is 84.9 Å². The number of amides is 1. The summed E-state index contributed by atoms with van der Waals surface area (Å²) < 4.78 is 38.7. The van der Waals surface area contributed by atoms with Crippen LogP contribution in [-0.2, 0) is 16.4 Å². The molecule has 0 aliphatic carbocycles. The SMILES string of the molecule is COc1ccc(OC)c(NC(=O)c2ccc3c(c2)C[C@H](C)N3S(=O)(=O)c2ccc(C)cc2)c1. The van der Waals surface area contributed by atoms with Gasteiger partial charge in [-0.05, 0) is 68.3 Å². The van der Waals surface area contributed by atoms with E-state index in [4.69, 9.17) is 9.47 Å². The number of methoxy groups -OCH3 is 2. The summed E-state index contributed by atoms with van der Waals surface area (Å²) >= 11 is 0. The van der Waals surface area contributed by atoms with Gasteiger partial charge in [0.25, 0.3) is 15.9 Å². The average molecular weight is 467 g/mol. The number of hydrogen-bond donors (Lipinski definition) is 1. The first-order valence-corrected chi connectivity index (χ1v) is 12.0. The Bertz CT molecular complexity index is 1300. The molecule has 1 aliphatic heterocycles. The van der Waals surface area contributed by atoms with E-state index >= 15 is 0 Å². The first kappa shape index (κ1) is 22.7. The van der Waals surface area contributed by atoms with Crippen molar-refractivity contribution in [2.75, 3.05) is 23.8 Å². The van der Waals surface area contributed by atoms with Crippen LogP contribution in [0.1, 0.15) is 28.4 Å². The van der Waals surface area contributed by atoms with Crippen molar-refractivity contribution in [3.05, 3.63) is 77.4 Å². The molecule has 0 spiro atoms. The highest BCUT2D eigenvalue weighted by Crippen LogP contribution is 2.37. The third kappa shape index (κ3) is 4.26. The molecule has 1 aliphatic rings. The van der Waals surface area contributed by atoms with Crippen molar-refractivity contribution in [3.8, 4) is 11.5 Å². The minimum absolute atomic E-state index is 0.250. The number of benzene rings is 3. The summed E-state index contributed by atoms with van der Waals surface area (Å²) in [4.78, 5) is 13.2. The van der Waals surface area contributed by atoms with Crippen molar-refractivity contribution in [2.24, 2.45) is 0 Å². The van der Waals surface area contributed by atoms with E-state index in [1.807, 2.05) is 13.8 Å². The molecule has 3 aromatic carbocycles. The lowest BCUT2D eigenvalue weighted by Crippen LogP contribution is -2.35. The summed E-state index contributed by atoms with van der Waals surface area (Å²) in [5.74, 6) is 0.775. The van der Waals surface area contributed by atoms with Gasteiger partial charge in [0.05, 0.1) is 30.5 Å². The fraction of sp³-hybridized carbons (Fsp3) is 0.240. The maximum absolute atomic E-state index is 13.3. The molecule has 0 bridgehead atoms. The molecule has 8 heteroatoms. The van der Waals surface area contributed by atoms with Crippen LogP contribution in [0.2, 0.25) is 0 Å². The molecule has 0 saturated heterocycles. The Kier molecular flexibility index (Phi) is 6.03. The summed E-state index contributed by atoms with van der Waals surface area (Å²) in [5, 5.41) is 2.85. The number of nitrogens with zero attached hydrogens (tertiary/aromatic N) is 1. The molecule has 0 fully saturated rings. The number of carbonyl (C=O) groups is 1. The molecule has 0 radical (unpaired) electrons. The van der Waals surface area contributed by atoms with Gasteiger partial charge in [0.2, 0.25) is 0 Å². The van der Waals surface area contributed by atoms with Crippen molar-refractivity contribution < 1.29 is 22.7 Å². The molecule has 0 unspecified atom stereocenters. The second-order valence-electron chi connectivity index (χ2n) is 8.03. The Morgan fingerprint density at radius 2 is 1.73 bits per heavy atom. The lowest BCUT2D eigenvalue weighted by molar-refractivity contribution is 0.102. The van der Waals surface area contributed by atoms with Crippen LogP contribution in [0.15, 0.2) is 65.6 Å². The molecule has 1 heterocycles. The van der Waals surface area contributed by atoms with E-state index in [9.17, 15) is 13.2 Å². The van der Waals surface area contributed by atoms with Crippen LogP contribution in [0.3, 0.4) is 0 Å². The van der Waals surface area contributed by atoms with Gasteiger partial charge in [0.15, 0.2) is 0 Å². The predicted molar refractivity (Wildman–Crippen MR) is 128 cm³/mol. The molecule has 1 atom stereocenters. The predicted octanol–water partition coefficient (Wildman–Crippen LogP) is 4.40.